The Hall–Kier alpha value is -1.93. The molecule has 0 amide bonds. The van der Waals surface area contributed by atoms with E-state index in [1.165, 1.54) is 12.1 Å². The number of nitriles is 1. The van der Waals surface area contributed by atoms with Crippen molar-refractivity contribution >= 4 is 5.97 Å². The molecule has 0 aliphatic carbocycles. The Labute approximate surface area is 117 Å². The third-order valence-corrected chi connectivity index (χ3v) is 3.71. The lowest BCUT2D eigenvalue weighted by Gasteiger charge is -2.16. The van der Waals surface area contributed by atoms with Crippen molar-refractivity contribution in [2.75, 3.05) is 13.1 Å². The first-order valence-corrected chi connectivity index (χ1v) is 6.71. The molecule has 1 aliphatic rings. The van der Waals surface area contributed by atoms with Crippen molar-refractivity contribution in [2.45, 2.75) is 25.8 Å². The Balaban J connectivity index is 1.92. The summed E-state index contributed by atoms with van der Waals surface area (Å²) < 4.78 is 13.7. The fourth-order valence-corrected chi connectivity index (χ4v) is 2.63. The van der Waals surface area contributed by atoms with Gasteiger partial charge in [0, 0.05) is 25.1 Å². The fraction of sp³-hybridized carbons (Fsp3) is 0.467. The van der Waals surface area contributed by atoms with Gasteiger partial charge in [-0.05, 0) is 43.5 Å². The standard InChI is InChI=1S/C15H17FN2O2/c16-14-3-1-12(8-17)7-13(14)10-18-6-5-11(9-18)2-4-15(19)20/h1,3,7,11H,2,4-6,9-10H2,(H,19,20). The first-order chi connectivity index (χ1) is 9.58. The average Bonchev–Trinajstić information content (AvgIpc) is 2.86. The van der Waals surface area contributed by atoms with E-state index in [1.807, 2.05) is 6.07 Å². The maximum Gasteiger partial charge on any atom is 0.303 e. The lowest BCUT2D eigenvalue weighted by Crippen LogP contribution is -2.21. The molecule has 5 heteroatoms. The molecule has 1 aromatic rings. The molecule has 1 unspecified atom stereocenters. The molecule has 1 fully saturated rings. The number of carbonyl (C=O) groups is 1. The van der Waals surface area contributed by atoms with Gasteiger partial charge in [-0.15, -0.1) is 0 Å². The van der Waals surface area contributed by atoms with Gasteiger partial charge in [0.1, 0.15) is 5.82 Å². The summed E-state index contributed by atoms with van der Waals surface area (Å²) in [5.74, 6) is -0.692. The van der Waals surface area contributed by atoms with Crippen LogP contribution in [-0.2, 0) is 11.3 Å². The summed E-state index contributed by atoms with van der Waals surface area (Å²) in [6, 6.07) is 6.39. The molecule has 0 saturated carbocycles. The summed E-state index contributed by atoms with van der Waals surface area (Å²) >= 11 is 0. The largest absolute Gasteiger partial charge is 0.481 e. The Morgan fingerprint density at radius 1 is 1.55 bits per heavy atom. The summed E-state index contributed by atoms with van der Waals surface area (Å²) in [5.41, 5.74) is 0.992. The molecule has 1 atom stereocenters. The lowest BCUT2D eigenvalue weighted by atomic mass is 10.0. The molecular formula is C15H17FN2O2. The summed E-state index contributed by atoms with van der Waals surface area (Å²) in [6.45, 7) is 2.12. The van der Waals surface area contributed by atoms with Crippen molar-refractivity contribution in [2.24, 2.45) is 5.92 Å². The number of benzene rings is 1. The second kappa shape index (κ2) is 6.49. The second-order valence-electron chi connectivity index (χ2n) is 5.24. The van der Waals surface area contributed by atoms with Crippen LogP contribution in [0, 0.1) is 23.1 Å². The molecular weight excluding hydrogens is 259 g/mol. The number of hydrogen-bond acceptors (Lipinski definition) is 3. The molecule has 1 saturated heterocycles. The summed E-state index contributed by atoms with van der Waals surface area (Å²) in [7, 11) is 0. The highest BCUT2D eigenvalue weighted by molar-refractivity contribution is 5.66. The number of carboxylic acid groups (broad SMARTS) is 1. The molecule has 1 aliphatic heterocycles. The minimum absolute atomic E-state index is 0.191. The van der Waals surface area contributed by atoms with Crippen LogP contribution in [0.5, 0.6) is 0 Å². The number of aliphatic carboxylic acids is 1. The minimum Gasteiger partial charge on any atom is -0.481 e. The van der Waals surface area contributed by atoms with Gasteiger partial charge in [-0.25, -0.2) is 4.39 Å². The van der Waals surface area contributed by atoms with Crippen LogP contribution in [0.25, 0.3) is 0 Å². The smallest absolute Gasteiger partial charge is 0.303 e. The highest BCUT2D eigenvalue weighted by Crippen LogP contribution is 2.23. The van der Waals surface area contributed by atoms with Gasteiger partial charge in [-0.2, -0.15) is 5.26 Å². The third kappa shape index (κ3) is 3.78. The normalized spacial score (nSPS) is 18.9. The molecule has 4 nitrogen and oxygen atoms in total. The van der Waals surface area contributed by atoms with E-state index < -0.39 is 5.97 Å². The van der Waals surface area contributed by atoms with Gasteiger partial charge >= 0.3 is 5.97 Å². The number of hydrogen-bond donors (Lipinski definition) is 1. The van der Waals surface area contributed by atoms with E-state index in [2.05, 4.69) is 4.90 Å². The minimum atomic E-state index is -0.767. The molecule has 0 radical (unpaired) electrons. The van der Waals surface area contributed by atoms with Crippen LogP contribution in [0.1, 0.15) is 30.4 Å². The van der Waals surface area contributed by atoms with Gasteiger partial charge < -0.3 is 5.11 Å². The zero-order chi connectivity index (χ0) is 14.5. The topological polar surface area (TPSA) is 64.3 Å². The Kier molecular flexibility index (Phi) is 4.70. The molecule has 20 heavy (non-hydrogen) atoms. The SMILES string of the molecule is N#Cc1ccc(F)c(CN2CCC(CCC(=O)O)C2)c1. The van der Waals surface area contributed by atoms with Crippen molar-refractivity contribution in [3.8, 4) is 6.07 Å². The van der Waals surface area contributed by atoms with Gasteiger partial charge in [-0.3, -0.25) is 9.69 Å². The molecule has 2 rings (SSSR count). The molecule has 1 aromatic carbocycles. The quantitative estimate of drug-likeness (QED) is 0.896. The van der Waals surface area contributed by atoms with Crippen LogP contribution in [0.2, 0.25) is 0 Å². The van der Waals surface area contributed by atoms with E-state index >= 15 is 0 Å². The van der Waals surface area contributed by atoms with Crippen molar-refractivity contribution in [3.05, 3.63) is 35.1 Å². The molecule has 1 N–H and O–H groups in total. The molecule has 106 valence electrons. The van der Waals surface area contributed by atoms with Crippen molar-refractivity contribution in [1.29, 1.82) is 5.26 Å². The van der Waals surface area contributed by atoms with Crippen LogP contribution in [0.15, 0.2) is 18.2 Å². The molecule has 0 aromatic heterocycles. The van der Waals surface area contributed by atoms with E-state index in [1.54, 1.807) is 6.07 Å². The van der Waals surface area contributed by atoms with Gasteiger partial charge in [0.05, 0.1) is 11.6 Å². The first kappa shape index (κ1) is 14.5. The zero-order valence-electron chi connectivity index (χ0n) is 11.2. The lowest BCUT2D eigenvalue weighted by molar-refractivity contribution is -0.137. The predicted molar refractivity (Wildman–Crippen MR) is 71.4 cm³/mol. The van der Waals surface area contributed by atoms with Crippen molar-refractivity contribution < 1.29 is 14.3 Å². The van der Waals surface area contributed by atoms with Gasteiger partial charge in [0.15, 0.2) is 0 Å². The Morgan fingerprint density at radius 3 is 3.05 bits per heavy atom. The zero-order valence-corrected chi connectivity index (χ0v) is 11.2. The highest BCUT2D eigenvalue weighted by atomic mass is 19.1. The highest BCUT2D eigenvalue weighted by Gasteiger charge is 2.23. The Bertz CT molecular complexity index is 539. The van der Waals surface area contributed by atoms with Gasteiger partial charge in [-0.1, -0.05) is 0 Å². The van der Waals surface area contributed by atoms with Gasteiger partial charge in [0.2, 0.25) is 0 Å². The number of halogens is 1. The van der Waals surface area contributed by atoms with Crippen LogP contribution >= 0.6 is 0 Å². The van der Waals surface area contributed by atoms with Crippen LogP contribution < -0.4 is 0 Å². The fourth-order valence-electron chi connectivity index (χ4n) is 2.63. The van der Waals surface area contributed by atoms with Gasteiger partial charge in [0.25, 0.3) is 0 Å². The van der Waals surface area contributed by atoms with E-state index in [0.717, 1.165) is 19.5 Å². The van der Waals surface area contributed by atoms with E-state index in [-0.39, 0.29) is 12.2 Å². The number of carboxylic acids is 1. The van der Waals surface area contributed by atoms with E-state index in [9.17, 15) is 9.18 Å². The van der Waals surface area contributed by atoms with Crippen molar-refractivity contribution in [3.63, 3.8) is 0 Å². The molecule has 1 heterocycles. The third-order valence-electron chi connectivity index (χ3n) is 3.71. The monoisotopic (exact) mass is 276 g/mol. The number of nitrogens with zero attached hydrogens (tertiary/aromatic N) is 2. The summed E-state index contributed by atoms with van der Waals surface area (Å²) in [6.07, 6.45) is 1.82. The maximum absolute atomic E-state index is 13.7. The van der Waals surface area contributed by atoms with E-state index in [4.69, 9.17) is 10.4 Å². The van der Waals surface area contributed by atoms with Crippen molar-refractivity contribution in [1.82, 2.24) is 4.90 Å². The second-order valence-corrected chi connectivity index (χ2v) is 5.24. The maximum atomic E-state index is 13.7. The number of likely N-dealkylation sites (tertiary alicyclic amines) is 1. The first-order valence-electron chi connectivity index (χ1n) is 6.71. The van der Waals surface area contributed by atoms with Crippen LogP contribution in [-0.4, -0.2) is 29.1 Å². The molecule has 0 bridgehead atoms. The molecule has 0 spiro atoms. The average molecular weight is 276 g/mol. The summed E-state index contributed by atoms with van der Waals surface area (Å²) in [5, 5.41) is 17.5. The summed E-state index contributed by atoms with van der Waals surface area (Å²) in [4.78, 5) is 12.7. The number of rotatable bonds is 5. The van der Waals surface area contributed by atoms with E-state index in [0.29, 0.717) is 30.0 Å². The van der Waals surface area contributed by atoms with Crippen LogP contribution in [0.3, 0.4) is 0 Å². The predicted octanol–water partition coefficient (Wildman–Crippen LogP) is 2.38. The van der Waals surface area contributed by atoms with Crippen LogP contribution in [0.4, 0.5) is 4.39 Å². The Morgan fingerprint density at radius 2 is 2.35 bits per heavy atom.